The molecule has 0 N–H and O–H groups in total. The molecule has 4 nitrogen and oxygen atoms in total. The molecule has 0 aliphatic carbocycles. The van der Waals surface area contributed by atoms with Crippen molar-refractivity contribution in [3.8, 4) is 33.9 Å². The predicted molar refractivity (Wildman–Crippen MR) is 234 cm³/mol. The Hall–Kier alpha value is -7.56. The van der Waals surface area contributed by atoms with E-state index in [-0.39, 0.29) is 0 Å². The minimum Gasteiger partial charge on any atom is -0.309 e. The molecular formula is C52H32N4. The van der Waals surface area contributed by atoms with Gasteiger partial charge in [0.1, 0.15) is 5.69 Å². The van der Waals surface area contributed by atoms with Crippen molar-refractivity contribution in [3.05, 3.63) is 194 Å². The Kier molecular flexibility index (Phi) is 6.60. The second-order valence-corrected chi connectivity index (χ2v) is 14.7. The maximum atomic E-state index is 5.36. The number of aromatic nitrogens is 4. The van der Waals surface area contributed by atoms with Gasteiger partial charge in [-0.2, -0.15) is 0 Å². The minimum absolute atomic E-state index is 0.819. The number of benzene rings is 9. The van der Waals surface area contributed by atoms with Gasteiger partial charge in [-0.1, -0.05) is 133 Å². The largest absolute Gasteiger partial charge is 0.309 e. The first-order valence-corrected chi connectivity index (χ1v) is 19.1. The Morgan fingerprint density at radius 2 is 0.893 bits per heavy atom. The molecule has 12 aromatic rings. The maximum absolute atomic E-state index is 5.36. The molecule has 0 aliphatic heterocycles. The van der Waals surface area contributed by atoms with Crippen molar-refractivity contribution in [2.24, 2.45) is 0 Å². The first kappa shape index (κ1) is 30.9. The molecular weight excluding hydrogens is 681 g/mol. The molecule has 0 spiro atoms. The van der Waals surface area contributed by atoms with Gasteiger partial charge in [-0.25, -0.2) is 9.97 Å². The molecule has 3 aromatic heterocycles. The highest BCUT2D eigenvalue weighted by Gasteiger charge is 2.21. The zero-order valence-corrected chi connectivity index (χ0v) is 30.3. The molecule has 0 saturated carbocycles. The van der Waals surface area contributed by atoms with Gasteiger partial charge in [0.2, 0.25) is 0 Å². The van der Waals surface area contributed by atoms with Gasteiger partial charge in [0.15, 0.2) is 5.82 Å². The Labute approximate surface area is 322 Å². The molecule has 0 unspecified atom stereocenters. The van der Waals surface area contributed by atoms with Gasteiger partial charge in [-0.3, -0.25) is 4.57 Å². The molecule has 0 saturated heterocycles. The lowest BCUT2D eigenvalue weighted by atomic mass is 10.0. The van der Waals surface area contributed by atoms with Crippen LogP contribution >= 0.6 is 0 Å². The van der Waals surface area contributed by atoms with Crippen LogP contribution in [0.5, 0.6) is 0 Å². The Morgan fingerprint density at radius 3 is 1.73 bits per heavy atom. The third-order valence-electron chi connectivity index (χ3n) is 11.4. The third-order valence-corrected chi connectivity index (χ3v) is 11.4. The summed E-state index contributed by atoms with van der Waals surface area (Å²) in [6, 6.07) is 69.8. The second-order valence-electron chi connectivity index (χ2n) is 14.7. The molecule has 0 bridgehead atoms. The van der Waals surface area contributed by atoms with Gasteiger partial charge >= 0.3 is 0 Å². The van der Waals surface area contributed by atoms with Crippen LogP contribution in [-0.2, 0) is 0 Å². The van der Waals surface area contributed by atoms with E-state index in [4.69, 9.17) is 9.97 Å². The van der Waals surface area contributed by atoms with Crippen LogP contribution < -0.4 is 0 Å². The number of hydrogen-bond donors (Lipinski definition) is 0. The topological polar surface area (TPSA) is 35.6 Å². The average Bonchev–Trinajstić information content (AvgIpc) is 3.76. The highest BCUT2D eigenvalue weighted by molar-refractivity contribution is 6.15. The predicted octanol–water partition coefficient (Wildman–Crippen LogP) is 13.5. The van der Waals surface area contributed by atoms with Gasteiger partial charge < -0.3 is 4.57 Å². The number of para-hydroxylation sites is 3. The fourth-order valence-corrected chi connectivity index (χ4v) is 8.79. The van der Waals surface area contributed by atoms with Crippen LogP contribution in [0.4, 0.5) is 0 Å². The monoisotopic (exact) mass is 712 g/mol. The van der Waals surface area contributed by atoms with E-state index in [0.29, 0.717) is 0 Å². The highest BCUT2D eigenvalue weighted by Crippen LogP contribution is 2.41. The van der Waals surface area contributed by atoms with Crippen LogP contribution in [0, 0.1) is 0 Å². The quantitative estimate of drug-likeness (QED) is 0.182. The Bertz CT molecular complexity index is 3540. The van der Waals surface area contributed by atoms with Crippen molar-refractivity contribution in [2.75, 3.05) is 0 Å². The lowest BCUT2D eigenvalue weighted by Crippen LogP contribution is -2.03. The minimum atomic E-state index is 0.819. The van der Waals surface area contributed by atoms with Gasteiger partial charge in [0.25, 0.3) is 0 Å². The molecule has 56 heavy (non-hydrogen) atoms. The molecule has 12 rings (SSSR count). The number of fused-ring (bicyclic) bond motifs is 9. The maximum Gasteiger partial charge on any atom is 0.165 e. The van der Waals surface area contributed by atoms with E-state index in [0.717, 1.165) is 50.4 Å². The van der Waals surface area contributed by atoms with Gasteiger partial charge in [-0.05, 0) is 93.3 Å². The van der Waals surface area contributed by atoms with E-state index in [1.807, 2.05) is 24.3 Å². The molecule has 0 fully saturated rings. The summed E-state index contributed by atoms with van der Waals surface area (Å²) in [6.45, 7) is 0. The van der Waals surface area contributed by atoms with Crippen molar-refractivity contribution in [2.45, 2.75) is 0 Å². The molecule has 0 atom stereocenters. The van der Waals surface area contributed by atoms with Crippen LogP contribution in [0.1, 0.15) is 0 Å². The van der Waals surface area contributed by atoms with Gasteiger partial charge in [0, 0.05) is 32.8 Å². The van der Waals surface area contributed by atoms with Gasteiger partial charge in [0.05, 0.1) is 33.1 Å². The standard InChI is InChI=1S/C52H32N4/c1-2-13-34(14-3-1)51-52(54-46-20-10-9-19-45(46)53-51)56-48-27-24-38(30-43(48)44-29-36-16-6-7-17-37(36)31-50(44)56)39-23-26-42-41-18-8-11-21-47(41)55(49(42)32-39)40-25-22-33-12-4-5-15-35(33)28-40/h1-32H. The Morgan fingerprint density at radius 1 is 0.304 bits per heavy atom. The van der Waals surface area contributed by atoms with E-state index in [2.05, 4.69) is 179 Å². The first-order chi connectivity index (χ1) is 27.7. The van der Waals surface area contributed by atoms with Crippen LogP contribution in [0.15, 0.2) is 194 Å². The summed E-state index contributed by atoms with van der Waals surface area (Å²) in [5, 5.41) is 9.71. The van der Waals surface area contributed by atoms with E-state index in [1.165, 1.54) is 59.7 Å². The molecule has 0 amide bonds. The molecule has 0 radical (unpaired) electrons. The SMILES string of the molecule is c1ccc(-c2nc3ccccc3nc2-n2c3ccc(-c4ccc5c6ccccc6n(-c6ccc7ccccc7c6)c5c4)cc3c3cc4ccccc4cc32)cc1. The van der Waals surface area contributed by atoms with Crippen molar-refractivity contribution < 1.29 is 0 Å². The number of hydrogen-bond acceptors (Lipinski definition) is 2. The third kappa shape index (κ3) is 4.66. The summed E-state index contributed by atoms with van der Waals surface area (Å²) in [4.78, 5) is 10.6. The zero-order valence-electron chi connectivity index (χ0n) is 30.3. The summed E-state index contributed by atoms with van der Waals surface area (Å²) in [6.07, 6.45) is 0. The second kappa shape index (κ2) is 12.0. The molecule has 4 heteroatoms. The molecule has 9 aromatic carbocycles. The zero-order chi connectivity index (χ0) is 36.7. The lowest BCUT2D eigenvalue weighted by Gasteiger charge is -2.14. The fourth-order valence-electron chi connectivity index (χ4n) is 8.79. The van der Waals surface area contributed by atoms with Crippen molar-refractivity contribution in [1.29, 1.82) is 0 Å². The summed E-state index contributed by atoms with van der Waals surface area (Å²) < 4.78 is 4.74. The summed E-state index contributed by atoms with van der Waals surface area (Å²) in [7, 11) is 0. The summed E-state index contributed by atoms with van der Waals surface area (Å²) in [5.41, 5.74) is 11.7. The highest BCUT2D eigenvalue weighted by atomic mass is 15.1. The normalized spacial score (nSPS) is 11.9. The van der Waals surface area contributed by atoms with Crippen molar-refractivity contribution in [3.63, 3.8) is 0 Å². The lowest BCUT2D eigenvalue weighted by molar-refractivity contribution is 1.08. The number of nitrogens with zero attached hydrogens (tertiary/aromatic N) is 4. The van der Waals surface area contributed by atoms with E-state index >= 15 is 0 Å². The molecule has 3 heterocycles. The van der Waals surface area contributed by atoms with E-state index in [9.17, 15) is 0 Å². The fraction of sp³-hybridized carbons (Fsp3) is 0. The van der Waals surface area contributed by atoms with Crippen molar-refractivity contribution in [1.82, 2.24) is 19.1 Å². The van der Waals surface area contributed by atoms with E-state index < -0.39 is 0 Å². The average molecular weight is 713 g/mol. The van der Waals surface area contributed by atoms with Crippen molar-refractivity contribution >= 4 is 76.2 Å². The van der Waals surface area contributed by atoms with E-state index in [1.54, 1.807) is 0 Å². The Balaban J connectivity index is 1.12. The van der Waals surface area contributed by atoms with Crippen LogP contribution in [0.3, 0.4) is 0 Å². The molecule has 0 aliphatic rings. The van der Waals surface area contributed by atoms with Crippen LogP contribution in [0.25, 0.3) is 110 Å². The van der Waals surface area contributed by atoms with Gasteiger partial charge in [-0.15, -0.1) is 0 Å². The van der Waals surface area contributed by atoms with Crippen LogP contribution in [-0.4, -0.2) is 19.1 Å². The summed E-state index contributed by atoms with van der Waals surface area (Å²) in [5.74, 6) is 0.819. The number of rotatable bonds is 4. The van der Waals surface area contributed by atoms with Crippen LogP contribution in [0.2, 0.25) is 0 Å². The smallest absolute Gasteiger partial charge is 0.165 e. The molecule has 260 valence electrons. The first-order valence-electron chi connectivity index (χ1n) is 19.1. The summed E-state index contributed by atoms with van der Waals surface area (Å²) >= 11 is 0.